The zero-order valence-electron chi connectivity index (χ0n) is 19.3. The highest BCUT2D eigenvalue weighted by molar-refractivity contribution is 6.15. The van der Waals surface area contributed by atoms with E-state index < -0.39 is 5.41 Å². The van der Waals surface area contributed by atoms with Crippen LogP contribution in [0.1, 0.15) is 41.7 Å². The second-order valence-corrected chi connectivity index (χ2v) is 8.97. The second-order valence-electron chi connectivity index (χ2n) is 8.97. The summed E-state index contributed by atoms with van der Waals surface area (Å²) in [7, 11) is 4.11. The largest absolute Gasteiger partial charge is 0.399 e. The van der Waals surface area contributed by atoms with E-state index in [1.54, 1.807) is 0 Å². The van der Waals surface area contributed by atoms with Crippen LogP contribution in [0.15, 0.2) is 71.9 Å². The van der Waals surface area contributed by atoms with Crippen LogP contribution in [0.3, 0.4) is 0 Å². The number of nitrogen functional groups attached to an aromatic ring is 1. The van der Waals surface area contributed by atoms with Gasteiger partial charge in [-0.2, -0.15) is 0 Å². The number of fused-ring (bicyclic) bond motifs is 3. The molecule has 0 amide bonds. The van der Waals surface area contributed by atoms with Crippen LogP contribution >= 0.6 is 0 Å². The highest BCUT2D eigenvalue weighted by atomic mass is 15.1. The third-order valence-corrected chi connectivity index (χ3v) is 6.85. The average Bonchev–Trinajstić information content (AvgIpc) is 2.97. The third kappa shape index (κ3) is 3.07. The summed E-state index contributed by atoms with van der Waals surface area (Å²) in [4.78, 5) is 2.13. The SMILES string of the molecule is C/C(=C(/C(=N)c1c(C)cccc1C)C1(C)c2ccccc2-c2cc(N)ccc21)N(C)C. The van der Waals surface area contributed by atoms with E-state index in [0.717, 1.165) is 39.2 Å². The van der Waals surface area contributed by atoms with Crippen molar-refractivity contribution in [3.05, 3.63) is 99.8 Å². The maximum absolute atomic E-state index is 9.50. The molecule has 0 bridgehead atoms. The zero-order valence-corrected chi connectivity index (χ0v) is 19.3. The fourth-order valence-electron chi connectivity index (χ4n) is 5.14. The Labute approximate surface area is 185 Å². The molecule has 4 rings (SSSR count). The van der Waals surface area contributed by atoms with Crippen molar-refractivity contribution in [3.8, 4) is 11.1 Å². The van der Waals surface area contributed by atoms with Crippen molar-refractivity contribution in [3.63, 3.8) is 0 Å². The van der Waals surface area contributed by atoms with Crippen molar-refractivity contribution in [2.24, 2.45) is 0 Å². The number of nitrogens with two attached hydrogens (primary N) is 1. The lowest BCUT2D eigenvalue weighted by molar-refractivity contribution is 0.497. The lowest BCUT2D eigenvalue weighted by atomic mass is 9.69. The van der Waals surface area contributed by atoms with Crippen molar-refractivity contribution >= 4 is 11.4 Å². The number of hydrogen-bond acceptors (Lipinski definition) is 3. The van der Waals surface area contributed by atoms with Crippen LogP contribution in [0.2, 0.25) is 0 Å². The maximum Gasteiger partial charge on any atom is 0.0679 e. The number of aryl methyl sites for hydroxylation is 2. The Bertz CT molecular complexity index is 1210. The van der Waals surface area contributed by atoms with E-state index >= 15 is 0 Å². The molecule has 1 unspecified atom stereocenters. The molecular formula is C28H31N3. The van der Waals surface area contributed by atoms with Gasteiger partial charge >= 0.3 is 0 Å². The van der Waals surface area contributed by atoms with Gasteiger partial charge in [-0.05, 0) is 73.2 Å². The molecule has 1 atom stereocenters. The monoisotopic (exact) mass is 409 g/mol. The molecule has 158 valence electrons. The quantitative estimate of drug-likeness (QED) is 0.405. The number of nitrogens with one attached hydrogen (secondary N) is 1. The van der Waals surface area contributed by atoms with Crippen LogP contribution < -0.4 is 5.73 Å². The summed E-state index contributed by atoms with van der Waals surface area (Å²) in [5.74, 6) is 0. The molecule has 0 heterocycles. The Balaban J connectivity index is 2.09. The van der Waals surface area contributed by atoms with Gasteiger partial charge in [-0.25, -0.2) is 0 Å². The number of nitrogens with zero attached hydrogens (tertiary/aromatic N) is 1. The van der Waals surface area contributed by atoms with Crippen molar-refractivity contribution < 1.29 is 0 Å². The normalized spacial score (nSPS) is 17.6. The topological polar surface area (TPSA) is 53.1 Å². The molecule has 0 saturated heterocycles. The molecule has 31 heavy (non-hydrogen) atoms. The van der Waals surface area contributed by atoms with E-state index in [-0.39, 0.29) is 0 Å². The second kappa shape index (κ2) is 7.42. The average molecular weight is 410 g/mol. The first-order valence-corrected chi connectivity index (χ1v) is 10.7. The van der Waals surface area contributed by atoms with Crippen molar-refractivity contribution in [2.75, 3.05) is 19.8 Å². The van der Waals surface area contributed by atoms with Crippen LogP contribution in [-0.2, 0) is 5.41 Å². The van der Waals surface area contributed by atoms with Crippen LogP contribution in [0.5, 0.6) is 0 Å². The predicted octanol–water partition coefficient (Wildman–Crippen LogP) is 6.08. The van der Waals surface area contributed by atoms with Gasteiger partial charge in [0.1, 0.15) is 0 Å². The van der Waals surface area contributed by atoms with Crippen molar-refractivity contribution in [1.82, 2.24) is 4.90 Å². The Morgan fingerprint density at radius 3 is 2.13 bits per heavy atom. The molecule has 3 aromatic carbocycles. The molecule has 0 saturated carbocycles. The van der Waals surface area contributed by atoms with Gasteiger partial charge in [-0.15, -0.1) is 0 Å². The van der Waals surface area contributed by atoms with Gasteiger partial charge in [0.05, 0.1) is 5.71 Å². The highest BCUT2D eigenvalue weighted by Gasteiger charge is 2.45. The van der Waals surface area contributed by atoms with E-state index in [0.29, 0.717) is 5.71 Å². The molecule has 1 aliphatic rings. The summed E-state index contributed by atoms with van der Waals surface area (Å²) in [6.45, 7) is 8.58. The molecule has 3 heteroatoms. The Morgan fingerprint density at radius 1 is 0.871 bits per heavy atom. The first-order chi connectivity index (χ1) is 14.7. The third-order valence-electron chi connectivity index (χ3n) is 6.85. The summed E-state index contributed by atoms with van der Waals surface area (Å²) < 4.78 is 0. The van der Waals surface area contributed by atoms with Crippen molar-refractivity contribution in [1.29, 1.82) is 5.41 Å². The van der Waals surface area contributed by atoms with Crippen molar-refractivity contribution in [2.45, 2.75) is 33.1 Å². The summed E-state index contributed by atoms with van der Waals surface area (Å²) in [5.41, 5.74) is 17.3. The van der Waals surface area contributed by atoms with Gasteiger partial charge in [0.15, 0.2) is 0 Å². The molecule has 0 fully saturated rings. The maximum atomic E-state index is 9.50. The smallest absolute Gasteiger partial charge is 0.0679 e. The molecule has 0 aliphatic heterocycles. The van der Waals surface area contributed by atoms with Gasteiger partial charge in [0.25, 0.3) is 0 Å². The summed E-state index contributed by atoms with van der Waals surface area (Å²) in [6, 6.07) is 21.0. The minimum absolute atomic E-state index is 0.459. The highest BCUT2D eigenvalue weighted by Crippen LogP contribution is 2.54. The van der Waals surface area contributed by atoms with Crippen LogP contribution in [0, 0.1) is 19.3 Å². The number of anilines is 1. The number of benzene rings is 3. The molecule has 0 aromatic heterocycles. The summed E-state index contributed by atoms with van der Waals surface area (Å²) in [5, 5.41) is 9.50. The minimum Gasteiger partial charge on any atom is -0.399 e. The van der Waals surface area contributed by atoms with E-state index in [2.05, 4.69) is 101 Å². The van der Waals surface area contributed by atoms with Gasteiger partial charge in [0, 0.05) is 42.0 Å². The minimum atomic E-state index is -0.459. The number of hydrogen-bond donors (Lipinski definition) is 2. The molecule has 3 aromatic rings. The predicted molar refractivity (Wildman–Crippen MR) is 132 cm³/mol. The van der Waals surface area contributed by atoms with Crippen LogP contribution in [-0.4, -0.2) is 24.7 Å². The molecule has 0 radical (unpaired) electrons. The van der Waals surface area contributed by atoms with Gasteiger partial charge in [-0.1, -0.05) is 48.5 Å². The fourth-order valence-corrected chi connectivity index (χ4v) is 5.14. The number of rotatable bonds is 4. The van der Waals surface area contributed by atoms with E-state index in [9.17, 15) is 5.41 Å². The van der Waals surface area contributed by atoms with Crippen LogP contribution in [0.4, 0.5) is 5.69 Å². The fraction of sp³-hybridized carbons (Fsp3) is 0.250. The summed E-state index contributed by atoms with van der Waals surface area (Å²) >= 11 is 0. The molecular weight excluding hydrogens is 378 g/mol. The standard InChI is InChI=1S/C28H31N3/c1-17-10-9-11-18(2)25(17)27(30)26(19(3)31(5)6)28(4)23-13-8-7-12-21(23)22-16-20(29)14-15-24(22)28/h7-16,30H,29H2,1-6H3/b26-19+,30-27?. The molecule has 1 aliphatic carbocycles. The molecule has 3 nitrogen and oxygen atoms in total. The first-order valence-electron chi connectivity index (χ1n) is 10.7. The van der Waals surface area contributed by atoms with Gasteiger partial charge in [0.2, 0.25) is 0 Å². The Kier molecular flexibility index (Phi) is 5.01. The van der Waals surface area contributed by atoms with Gasteiger partial charge < -0.3 is 10.6 Å². The first kappa shape index (κ1) is 20.9. The summed E-state index contributed by atoms with van der Waals surface area (Å²) in [6.07, 6.45) is 0. The Hall–Kier alpha value is -3.33. The van der Waals surface area contributed by atoms with Crippen LogP contribution in [0.25, 0.3) is 11.1 Å². The lowest BCUT2D eigenvalue weighted by Gasteiger charge is -2.35. The lowest BCUT2D eigenvalue weighted by Crippen LogP contribution is -2.33. The molecule has 0 spiro atoms. The van der Waals surface area contributed by atoms with E-state index in [1.807, 2.05) is 6.07 Å². The Morgan fingerprint density at radius 2 is 1.48 bits per heavy atom. The van der Waals surface area contributed by atoms with E-state index in [4.69, 9.17) is 5.73 Å². The zero-order chi connectivity index (χ0) is 22.5. The van der Waals surface area contributed by atoms with E-state index in [1.165, 1.54) is 16.7 Å². The molecule has 3 N–H and O–H groups in total. The number of allylic oxidation sites excluding steroid dienone is 2. The van der Waals surface area contributed by atoms with Gasteiger partial charge in [-0.3, -0.25) is 5.41 Å².